The molecule has 10 aromatic carbocycles. The van der Waals surface area contributed by atoms with Gasteiger partial charge in [0.2, 0.25) is 0 Å². The van der Waals surface area contributed by atoms with E-state index in [2.05, 4.69) is 254 Å². The first-order valence-corrected chi connectivity index (χ1v) is 23.0. The van der Waals surface area contributed by atoms with E-state index in [1.807, 2.05) is 11.8 Å². The topological polar surface area (TPSA) is 3.24 Å². The van der Waals surface area contributed by atoms with Crippen molar-refractivity contribution in [2.75, 3.05) is 4.90 Å². The molecule has 2 aliphatic carbocycles. The van der Waals surface area contributed by atoms with Gasteiger partial charge in [0.1, 0.15) is 0 Å². The zero-order valence-corrected chi connectivity index (χ0v) is 35.8. The van der Waals surface area contributed by atoms with Gasteiger partial charge in [-0.15, -0.1) is 0 Å². The number of nitrogens with zero attached hydrogens (tertiary/aromatic N) is 1. The number of hydrogen-bond acceptors (Lipinski definition) is 2. The fourth-order valence-corrected chi connectivity index (χ4v) is 12.6. The third kappa shape index (κ3) is 5.21. The molecule has 13 rings (SSSR count). The third-order valence-corrected chi connectivity index (χ3v) is 15.2. The highest BCUT2D eigenvalue weighted by Gasteiger charge is 2.51. The second kappa shape index (κ2) is 14.5. The lowest BCUT2D eigenvalue weighted by Crippen LogP contribution is -2.32. The van der Waals surface area contributed by atoms with Gasteiger partial charge in [-0.1, -0.05) is 212 Å². The van der Waals surface area contributed by atoms with Crippen LogP contribution in [-0.4, -0.2) is 0 Å². The summed E-state index contributed by atoms with van der Waals surface area (Å²) in [5, 5.41) is 0. The van der Waals surface area contributed by atoms with Gasteiger partial charge in [0.25, 0.3) is 0 Å². The Bertz CT molecular complexity index is 3340. The molecule has 0 radical (unpaired) electrons. The van der Waals surface area contributed by atoms with Crippen LogP contribution in [-0.2, 0) is 10.8 Å². The van der Waals surface area contributed by atoms with Crippen molar-refractivity contribution >= 4 is 28.8 Å². The van der Waals surface area contributed by atoms with E-state index in [-0.39, 0.29) is 0 Å². The average Bonchev–Trinajstić information content (AvgIpc) is 3.83. The maximum Gasteiger partial charge on any atom is 0.0736 e. The minimum atomic E-state index is -0.529. The SMILES string of the molecule is c1ccc(-c2cccc(N(c3ccc4c(c3)C(c3ccccc3)(c3ccccc3)c3ccccc3-4)c3ccc4c(c3)C3(c5ccccc5Sc5ccccc53)c3ccccc3-4)c2)cc1. The van der Waals surface area contributed by atoms with Crippen molar-refractivity contribution in [3.63, 3.8) is 0 Å². The first-order chi connectivity index (χ1) is 31.7. The fraction of sp³-hybridized carbons (Fsp3) is 0.0323. The second-order valence-electron chi connectivity index (χ2n) is 17.1. The molecule has 0 aromatic heterocycles. The lowest BCUT2D eigenvalue weighted by Gasteiger charge is -2.40. The predicted octanol–water partition coefficient (Wildman–Crippen LogP) is 16.0. The Morgan fingerprint density at radius 2 is 0.672 bits per heavy atom. The predicted molar refractivity (Wildman–Crippen MR) is 265 cm³/mol. The van der Waals surface area contributed by atoms with Crippen LogP contribution in [0, 0.1) is 0 Å². The molecule has 1 aliphatic heterocycles. The summed E-state index contributed by atoms with van der Waals surface area (Å²) in [5.74, 6) is 0. The summed E-state index contributed by atoms with van der Waals surface area (Å²) in [4.78, 5) is 5.11. The van der Waals surface area contributed by atoms with Gasteiger partial charge >= 0.3 is 0 Å². The molecule has 0 amide bonds. The summed E-state index contributed by atoms with van der Waals surface area (Å²) in [5.41, 5.74) is 20.2. The van der Waals surface area contributed by atoms with Gasteiger partial charge in [-0.25, -0.2) is 0 Å². The molecule has 0 atom stereocenters. The van der Waals surface area contributed by atoms with Crippen molar-refractivity contribution in [1.82, 2.24) is 0 Å². The largest absolute Gasteiger partial charge is 0.310 e. The van der Waals surface area contributed by atoms with Crippen LogP contribution in [0.1, 0.15) is 44.5 Å². The Morgan fingerprint density at radius 3 is 1.23 bits per heavy atom. The number of anilines is 3. The van der Waals surface area contributed by atoms with Crippen LogP contribution in [0.15, 0.2) is 259 Å². The van der Waals surface area contributed by atoms with Crippen molar-refractivity contribution in [1.29, 1.82) is 0 Å². The van der Waals surface area contributed by atoms with E-state index in [1.165, 1.54) is 87.7 Å². The molecule has 3 aliphatic rings. The van der Waals surface area contributed by atoms with Crippen LogP contribution in [0.3, 0.4) is 0 Å². The molecule has 0 bridgehead atoms. The van der Waals surface area contributed by atoms with Crippen molar-refractivity contribution in [3.05, 3.63) is 293 Å². The number of benzene rings is 10. The maximum atomic E-state index is 2.51. The van der Waals surface area contributed by atoms with Crippen LogP contribution < -0.4 is 4.90 Å². The summed E-state index contributed by atoms with van der Waals surface area (Å²) in [6, 6.07) is 92.8. The summed E-state index contributed by atoms with van der Waals surface area (Å²) in [6.45, 7) is 0. The van der Waals surface area contributed by atoms with Gasteiger partial charge in [0.15, 0.2) is 0 Å². The van der Waals surface area contributed by atoms with Crippen LogP contribution in [0.25, 0.3) is 33.4 Å². The Labute approximate surface area is 379 Å². The summed E-state index contributed by atoms with van der Waals surface area (Å²) < 4.78 is 0. The van der Waals surface area contributed by atoms with Gasteiger partial charge in [-0.3, -0.25) is 0 Å². The zero-order chi connectivity index (χ0) is 42.2. The molecule has 0 saturated heterocycles. The van der Waals surface area contributed by atoms with Crippen molar-refractivity contribution < 1.29 is 0 Å². The first-order valence-electron chi connectivity index (χ1n) is 22.2. The highest BCUT2D eigenvalue weighted by Crippen LogP contribution is 2.63. The van der Waals surface area contributed by atoms with E-state index in [0.717, 1.165) is 17.1 Å². The molecule has 10 aromatic rings. The third-order valence-electron chi connectivity index (χ3n) is 14.0. The molecule has 64 heavy (non-hydrogen) atoms. The lowest BCUT2D eigenvalue weighted by atomic mass is 9.67. The lowest BCUT2D eigenvalue weighted by molar-refractivity contribution is 0.722. The molecule has 0 N–H and O–H groups in total. The van der Waals surface area contributed by atoms with Crippen LogP contribution in [0.5, 0.6) is 0 Å². The number of hydrogen-bond donors (Lipinski definition) is 0. The smallest absolute Gasteiger partial charge is 0.0736 e. The van der Waals surface area contributed by atoms with Crippen molar-refractivity contribution in [2.24, 2.45) is 0 Å². The Hall–Kier alpha value is -7.65. The molecule has 0 fully saturated rings. The van der Waals surface area contributed by atoms with Gasteiger partial charge in [0.05, 0.1) is 10.8 Å². The molecule has 1 spiro atoms. The Morgan fingerprint density at radius 1 is 0.266 bits per heavy atom. The van der Waals surface area contributed by atoms with Gasteiger partial charge < -0.3 is 4.90 Å². The molecule has 0 unspecified atom stereocenters. The van der Waals surface area contributed by atoms with Crippen LogP contribution in [0.2, 0.25) is 0 Å². The van der Waals surface area contributed by atoms with E-state index in [0.29, 0.717) is 0 Å². The molecule has 1 nitrogen and oxygen atoms in total. The number of fused-ring (bicyclic) bond motifs is 12. The van der Waals surface area contributed by atoms with Gasteiger partial charge in [0, 0.05) is 26.9 Å². The number of rotatable bonds is 6. The van der Waals surface area contributed by atoms with Crippen molar-refractivity contribution in [2.45, 2.75) is 20.6 Å². The van der Waals surface area contributed by atoms with E-state index >= 15 is 0 Å². The fourth-order valence-electron chi connectivity index (χ4n) is 11.5. The van der Waals surface area contributed by atoms with Crippen molar-refractivity contribution in [3.8, 4) is 33.4 Å². The standard InChI is InChI=1S/C62H41NS/c1-4-19-42(20-5-1)43-21-18-26-46(39-43)63(47-35-37-51-49-27-10-12-29-53(49)61(57(51)40-47,44-22-6-2-7-23-44)45-24-8-3-9-25-45)48-36-38-52-50-28-11-13-30-54(50)62(58(52)41-48)55-31-14-16-33-59(55)64-60-34-17-15-32-56(60)62/h1-41H. The molecule has 0 saturated carbocycles. The Balaban J connectivity index is 1.10. The maximum absolute atomic E-state index is 2.51. The van der Waals surface area contributed by atoms with E-state index in [9.17, 15) is 0 Å². The molecular weight excluding hydrogens is 791 g/mol. The van der Waals surface area contributed by atoms with Crippen LogP contribution >= 0.6 is 11.8 Å². The van der Waals surface area contributed by atoms with Gasteiger partial charge in [-0.05, 0) is 126 Å². The molecule has 2 heteroatoms. The average molecular weight is 832 g/mol. The first kappa shape index (κ1) is 37.0. The zero-order valence-electron chi connectivity index (χ0n) is 35.0. The second-order valence-corrected chi connectivity index (χ2v) is 18.2. The van der Waals surface area contributed by atoms with Crippen LogP contribution in [0.4, 0.5) is 17.1 Å². The molecular formula is C62H41NS. The minimum absolute atomic E-state index is 0.493. The van der Waals surface area contributed by atoms with E-state index in [4.69, 9.17) is 0 Å². The summed E-state index contributed by atoms with van der Waals surface area (Å²) >= 11 is 1.89. The normalized spacial score (nSPS) is 14.1. The summed E-state index contributed by atoms with van der Waals surface area (Å²) in [7, 11) is 0. The van der Waals surface area contributed by atoms with E-state index in [1.54, 1.807) is 0 Å². The van der Waals surface area contributed by atoms with Gasteiger partial charge in [-0.2, -0.15) is 0 Å². The minimum Gasteiger partial charge on any atom is -0.310 e. The molecule has 300 valence electrons. The molecule has 1 heterocycles. The monoisotopic (exact) mass is 831 g/mol. The highest BCUT2D eigenvalue weighted by molar-refractivity contribution is 7.99. The van der Waals surface area contributed by atoms with E-state index < -0.39 is 10.8 Å². The quantitative estimate of drug-likeness (QED) is 0.164. The summed E-state index contributed by atoms with van der Waals surface area (Å²) in [6.07, 6.45) is 0. The highest BCUT2D eigenvalue weighted by atomic mass is 32.2. The Kier molecular flexibility index (Phi) is 8.35.